The lowest BCUT2D eigenvalue weighted by molar-refractivity contribution is -0.137. The quantitative estimate of drug-likeness (QED) is 0.269. The Morgan fingerprint density at radius 1 is 1.26 bits per heavy atom. The van der Waals surface area contributed by atoms with Crippen LogP contribution in [0.25, 0.3) is 0 Å². The highest BCUT2D eigenvalue weighted by molar-refractivity contribution is 7.14. The van der Waals surface area contributed by atoms with E-state index in [1.54, 1.807) is 11.4 Å². The van der Waals surface area contributed by atoms with E-state index < -0.39 is 48.6 Å². The highest BCUT2D eigenvalue weighted by Gasteiger charge is 2.23. The van der Waals surface area contributed by atoms with Crippen molar-refractivity contribution >= 4 is 63.3 Å². The zero-order valence-electron chi connectivity index (χ0n) is 17.5. The average molecular weight is 530 g/mol. The first kappa shape index (κ1) is 25.6. The van der Waals surface area contributed by atoms with Crippen molar-refractivity contribution in [2.45, 2.75) is 18.6 Å². The van der Waals surface area contributed by atoms with Gasteiger partial charge >= 0.3 is 5.97 Å². The molecule has 0 spiro atoms. The molecule has 0 aliphatic carbocycles. The Hall–Kier alpha value is -3.06. The van der Waals surface area contributed by atoms with Gasteiger partial charge in [0.25, 0.3) is 5.91 Å². The number of rotatable bonds is 8. The third-order valence-corrected chi connectivity index (χ3v) is 5.98. The number of aromatic hydroxyl groups is 1. The SMILES string of the molecule is O=C(O)C[C@H](NC(=O)CNC(=O)c1csc(NC2=NCC(O)CN2)c1)c1cc(Cl)cc(Cl)c1O. The van der Waals surface area contributed by atoms with Gasteiger partial charge in [-0.25, -0.2) is 0 Å². The van der Waals surface area contributed by atoms with Gasteiger partial charge < -0.3 is 36.6 Å². The van der Waals surface area contributed by atoms with E-state index in [4.69, 9.17) is 23.2 Å². The predicted molar refractivity (Wildman–Crippen MR) is 128 cm³/mol. The average Bonchev–Trinajstić information content (AvgIpc) is 3.24. The van der Waals surface area contributed by atoms with Crippen LogP contribution in [0.5, 0.6) is 5.75 Å². The van der Waals surface area contributed by atoms with E-state index in [-0.39, 0.29) is 22.2 Å². The summed E-state index contributed by atoms with van der Waals surface area (Å²) in [5.41, 5.74) is 0.345. The summed E-state index contributed by atoms with van der Waals surface area (Å²) in [7, 11) is 0. The largest absolute Gasteiger partial charge is 0.506 e. The molecule has 1 aliphatic rings. The van der Waals surface area contributed by atoms with Crippen LogP contribution in [-0.4, -0.2) is 64.8 Å². The summed E-state index contributed by atoms with van der Waals surface area (Å²) in [6, 6.07) is 3.04. The van der Waals surface area contributed by atoms with Crippen molar-refractivity contribution in [2.75, 3.05) is 25.0 Å². The smallest absolute Gasteiger partial charge is 0.305 e. The van der Waals surface area contributed by atoms with E-state index in [2.05, 4.69) is 26.3 Å². The number of carbonyl (C=O) groups is 3. The summed E-state index contributed by atoms with van der Waals surface area (Å²) in [4.78, 5) is 40.2. The second kappa shape index (κ2) is 11.4. The van der Waals surface area contributed by atoms with Gasteiger partial charge in [0, 0.05) is 22.5 Å². The van der Waals surface area contributed by atoms with E-state index in [1.165, 1.54) is 23.5 Å². The van der Waals surface area contributed by atoms with E-state index >= 15 is 0 Å². The van der Waals surface area contributed by atoms with Crippen LogP contribution in [0.15, 0.2) is 28.6 Å². The number of thiophene rings is 1. The second-order valence-electron chi connectivity index (χ2n) is 7.27. The Morgan fingerprint density at radius 2 is 2.03 bits per heavy atom. The van der Waals surface area contributed by atoms with Crippen molar-refractivity contribution in [2.24, 2.45) is 4.99 Å². The molecule has 1 aliphatic heterocycles. The number of carbonyl (C=O) groups excluding carboxylic acids is 2. The van der Waals surface area contributed by atoms with E-state index in [0.717, 1.165) is 0 Å². The molecule has 2 heterocycles. The number of hydrogen-bond donors (Lipinski definition) is 7. The van der Waals surface area contributed by atoms with Crippen LogP contribution in [0.1, 0.15) is 28.4 Å². The van der Waals surface area contributed by atoms with Crippen LogP contribution in [0.4, 0.5) is 5.00 Å². The monoisotopic (exact) mass is 529 g/mol. The standard InChI is InChI=1S/C20H21Cl2N5O6S/c21-10-2-12(18(32)13(22)3-10)14(4-17(30)31)26-15(29)7-23-19(33)9-1-16(34-8-9)27-20-24-5-11(28)6-25-20/h1-3,8,11,14,28,32H,4-7H2,(H,23,33)(H,26,29)(H,30,31)(H2,24,25,27)/t14-/m0/s1. The van der Waals surface area contributed by atoms with Gasteiger partial charge in [0.2, 0.25) is 5.91 Å². The topological polar surface area (TPSA) is 172 Å². The van der Waals surface area contributed by atoms with Gasteiger partial charge in [0.15, 0.2) is 5.96 Å². The summed E-state index contributed by atoms with van der Waals surface area (Å²) >= 11 is 13.1. The van der Waals surface area contributed by atoms with Gasteiger partial charge in [-0.3, -0.25) is 19.4 Å². The number of phenolic OH excluding ortho intramolecular Hbond substituents is 1. The van der Waals surface area contributed by atoms with Crippen LogP contribution >= 0.6 is 34.5 Å². The summed E-state index contributed by atoms with van der Waals surface area (Å²) in [6.07, 6.45) is -1.09. The summed E-state index contributed by atoms with van der Waals surface area (Å²) in [5, 5.41) is 41.9. The van der Waals surface area contributed by atoms with Gasteiger partial charge in [-0.2, -0.15) is 0 Å². The Morgan fingerprint density at radius 3 is 2.71 bits per heavy atom. The molecule has 2 atom stereocenters. The number of aliphatic carboxylic acids is 1. The van der Waals surface area contributed by atoms with Gasteiger partial charge in [-0.15, -0.1) is 11.3 Å². The number of hydrogen-bond acceptors (Lipinski definition) is 9. The molecule has 2 aromatic rings. The number of amides is 2. The first-order valence-electron chi connectivity index (χ1n) is 9.91. The van der Waals surface area contributed by atoms with Crippen molar-refractivity contribution in [1.82, 2.24) is 16.0 Å². The third kappa shape index (κ3) is 6.97. The van der Waals surface area contributed by atoms with E-state index in [0.29, 0.717) is 23.1 Å². The van der Waals surface area contributed by atoms with Crippen LogP contribution in [0, 0.1) is 0 Å². The van der Waals surface area contributed by atoms with Crippen LogP contribution in [0.3, 0.4) is 0 Å². The maximum Gasteiger partial charge on any atom is 0.305 e. The van der Waals surface area contributed by atoms with Crippen LogP contribution in [-0.2, 0) is 9.59 Å². The Kier molecular flexibility index (Phi) is 8.56. The minimum atomic E-state index is -1.23. The number of guanidine groups is 1. The molecular formula is C20H21Cl2N5O6S. The Bertz CT molecular complexity index is 1120. The number of β-amino-alcohol motifs (C(OH)–C–C–N with tert-alkyl or cyclic N) is 1. The lowest BCUT2D eigenvalue weighted by Crippen LogP contribution is -2.42. The van der Waals surface area contributed by atoms with Crippen molar-refractivity contribution in [3.05, 3.63) is 44.8 Å². The second-order valence-corrected chi connectivity index (χ2v) is 9.03. The number of nitrogens with zero attached hydrogens (tertiary/aromatic N) is 1. The van der Waals surface area contributed by atoms with Gasteiger partial charge in [0.1, 0.15) is 5.75 Å². The van der Waals surface area contributed by atoms with E-state index in [1.807, 2.05) is 0 Å². The number of anilines is 1. The Balaban J connectivity index is 1.58. The molecule has 0 saturated heterocycles. The number of phenols is 1. The van der Waals surface area contributed by atoms with Crippen molar-refractivity contribution < 1.29 is 29.7 Å². The normalized spacial score (nSPS) is 16.1. The lowest BCUT2D eigenvalue weighted by Gasteiger charge is -2.19. The third-order valence-electron chi connectivity index (χ3n) is 4.63. The summed E-state index contributed by atoms with van der Waals surface area (Å²) in [6.45, 7) is 0.196. The van der Waals surface area contributed by atoms with Gasteiger partial charge in [-0.05, 0) is 18.2 Å². The number of carboxylic acid groups (broad SMARTS) is 1. The van der Waals surface area contributed by atoms with Gasteiger partial charge in [-0.1, -0.05) is 23.2 Å². The van der Waals surface area contributed by atoms with E-state index in [9.17, 15) is 29.7 Å². The molecule has 1 aromatic carbocycles. The first-order chi connectivity index (χ1) is 16.1. The number of nitrogens with one attached hydrogen (secondary N) is 4. The fourth-order valence-electron chi connectivity index (χ4n) is 3.03. The molecule has 11 nitrogen and oxygen atoms in total. The molecule has 0 radical (unpaired) electrons. The fourth-order valence-corrected chi connectivity index (χ4v) is 4.31. The summed E-state index contributed by atoms with van der Waals surface area (Å²) in [5.74, 6) is -2.34. The number of benzene rings is 1. The number of carboxylic acids is 1. The maximum absolute atomic E-state index is 12.4. The molecule has 182 valence electrons. The number of halogens is 2. The minimum Gasteiger partial charge on any atom is -0.506 e. The first-order valence-corrected chi connectivity index (χ1v) is 11.5. The van der Waals surface area contributed by atoms with Crippen molar-refractivity contribution in [1.29, 1.82) is 0 Å². The molecular weight excluding hydrogens is 509 g/mol. The predicted octanol–water partition coefficient (Wildman–Crippen LogP) is 1.55. The summed E-state index contributed by atoms with van der Waals surface area (Å²) < 4.78 is 0. The molecule has 34 heavy (non-hydrogen) atoms. The molecule has 7 N–H and O–H groups in total. The zero-order valence-corrected chi connectivity index (χ0v) is 19.8. The molecule has 3 rings (SSSR count). The molecule has 0 saturated carbocycles. The number of aliphatic hydroxyl groups is 1. The maximum atomic E-state index is 12.4. The van der Waals surface area contributed by atoms with Crippen LogP contribution < -0.4 is 21.3 Å². The van der Waals surface area contributed by atoms with Crippen LogP contribution in [0.2, 0.25) is 10.0 Å². The molecule has 1 unspecified atom stereocenters. The number of aliphatic hydroxyl groups excluding tert-OH is 1. The van der Waals surface area contributed by atoms with Gasteiger partial charge in [0.05, 0.1) is 47.2 Å². The molecule has 0 fully saturated rings. The highest BCUT2D eigenvalue weighted by Crippen LogP contribution is 2.36. The fraction of sp³-hybridized carbons (Fsp3) is 0.300. The van der Waals surface area contributed by atoms with Crippen molar-refractivity contribution in [3.8, 4) is 5.75 Å². The molecule has 2 amide bonds. The minimum absolute atomic E-state index is 0.0416. The zero-order chi connectivity index (χ0) is 24.8. The molecule has 0 bridgehead atoms. The molecule has 1 aromatic heterocycles. The number of aliphatic imine (C=N–C) groups is 1. The molecule has 14 heteroatoms. The lowest BCUT2D eigenvalue weighted by atomic mass is 10.0. The van der Waals surface area contributed by atoms with Crippen molar-refractivity contribution in [3.63, 3.8) is 0 Å². The highest BCUT2D eigenvalue weighted by atomic mass is 35.5. The Labute approximate surface area is 207 Å².